The number of rotatable bonds is 3. The van der Waals surface area contributed by atoms with Crippen LogP contribution in [0.15, 0.2) is 48.7 Å². The number of fused-ring (bicyclic) bond motifs is 1. The molecule has 1 aliphatic heterocycles. The van der Waals surface area contributed by atoms with E-state index < -0.39 is 0 Å². The summed E-state index contributed by atoms with van der Waals surface area (Å²) < 4.78 is 12.7. The van der Waals surface area contributed by atoms with Crippen LogP contribution in [0, 0.1) is 6.92 Å². The van der Waals surface area contributed by atoms with Crippen molar-refractivity contribution in [3.8, 4) is 17.2 Å². The maximum Gasteiger partial charge on any atom is 0.280 e. The fourth-order valence-electron chi connectivity index (χ4n) is 3.13. The van der Waals surface area contributed by atoms with Crippen molar-refractivity contribution in [1.29, 1.82) is 0 Å². The molecule has 2 aromatic carbocycles. The van der Waals surface area contributed by atoms with Gasteiger partial charge in [0.15, 0.2) is 5.69 Å². The molecule has 7 nitrogen and oxygen atoms in total. The Morgan fingerprint density at radius 1 is 1.26 bits per heavy atom. The highest BCUT2D eigenvalue weighted by atomic mass is 16.5. The third kappa shape index (κ3) is 3.23. The van der Waals surface area contributed by atoms with Crippen molar-refractivity contribution in [2.24, 2.45) is 0 Å². The smallest absolute Gasteiger partial charge is 0.280 e. The summed E-state index contributed by atoms with van der Waals surface area (Å²) in [5, 5.41) is 8.20. The number of methoxy groups -OCH3 is 1. The van der Waals surface area contributed by atoms with Crippen LogP contribution in [-0.4, -0.2) is 40.7 Å². The van der Waals surface area contributed by atoms with Crippen LogP contribution in [0.4, 0.5) is 5.69 Å². The highest BCUT2D eigenvalue weighted by molar-refractivity contribution is 6.06. The van der Waals surface area contributed by atoms with Crippen LogP contribution >= 0.6 is 0 Å². The second kappa shape index (κ2) is 6.75. The molecule has 7 heteroatoms. The van der Waals surface area contributed by atoms with Gasteiger partial charge >= 0.3 is 0 Å². The molecule has 3 aromatic rings. The number of ether oxygens (including phenoxy) is 2. The number of benzene rings is 2. The minimum atomic E-state index is -0.224. The molecule has 2 heterocycles. The van der Waals surface area contributed by atoms with Gasteiger partial charge < -0.3 is 9.47 Å². The molecule has 0 spiro atoms. The van der Waals surface area contributed by atoms with E-state index in [9.17, 15) is 4.79 Å². The molecule has 0 saturated carbocycles. The molecule has 0 fully saturated rings. The Morgan fingerprint density at radius 2 is 2.11 bits per heavy atom. The second-order valence-corrected chi connectivity index (χ2v) is 6.57. The van der Waals surface area contributed by atoms with Gasteiger partial charge in [-0.1, -0.05) is 17.3 Å². The molecule has 0 aliphatic carbocycles. The van der Waals surface area contributed by atoms with Crippen LogP contribution in [0.3, 0.4) is 0 Å². The average molecular weight is 364 g/mol. The summed E-state index contributed by atoms with van der Waals surface area (Å²) in [6.07, 6.45) is 1.53. The van der Waals surface area contributed by atoms with Crippen molar-refractivity contribution in [3.63, 3.8) is 0 Å². The molecule has 27 heavy (non-hydrogen) atoms. The molecule has 4 rings (SSSR count). The molecular formula is C20H20N4O3. The Labute approximate surface area is 157 Å². The van der Waals surface area contributed by atoms with Crippen molar-refractivity contribution in [2.45, 2.75) is 20.0 Å². The Morgan fingerprint density at radius 3 is 2.89 bits per heavy atom. The largest absolute Gasteiger partial charge is 0.497 e. The summed E-state index contributed by atoms with van der Waals surface area (Å²) in [4.78, 5) is 14.8. The molecule has 1 aromatic heterocycles. The fourth-order valence-corrected chi connectivity index (χ4v) is 3.13. The standard InChI is InChI=1S/C20H20N4O3/c1-13-5-4-6-15(9-13)24-12-17(21-22-24)20(25)23-11-14(2)27-19-8-7-16(26-3)10-18(19)23/h4-10,12,14H,11H2,1-3H3. The topological polar surface area (TPSA) is 69.5 Å². The zero-order chi connectivity index (χ0) is 19.0. The van der Waals surface area contributed by atoms with Crippen molar-refractivity contribution < 1.29 is 14.3 Å². The van der Waals surface area contributed by atoms with E-state index >= 15 is 0 Å². The van der Waals surface area contributed by atoms with Crippen molar-refractivity contribution in [1.82, 2.24) is 15.0 Å². The maximum atomic E-state index is 13.1. The SMILES string of the molecule is COc1ccc2c(c1)N(C(=O)c1cn(-c3cccc(C)c3)nn1)CC(C)O2. The van der Waals surface area contributed by atoms with Gasteiger partial charge in [0, 0.05) is 6.07 Å². The number of anilines is 1. The van der Waals surface area contributed by atoms with Crippen LogP contribution in [0.1, 0.15) is 23.0 Å². The lowest BCUT2D eigenvalue weighted by Gasteiger charge is -2.33. The number of aromatic nitrogens is 3. The van der Waals surface area contributed by atoms with Crippen molar-refractivity contribution in [2.75, 3.05) is 18.6 Å². The van der Waals surface area contributed by atoms with E-state index in [1.807, 2.05) is 50.2 Å². The zero-order valence-corrected chi connectivity index (χ0v) is 15.4. The molecule has 0 radical (unpaired) electrons. The van der Waals surface area contributed by atoms with Crippen LogP contribution in [-0.2, 0) is 0 Å². The monoisotopic (exact) mass is 364 g/mol. The van der Waals surface area contributed by atoms with Gasteiger partial charge in [-0.15, -0.1) is 5.10 Å². The van der Waals surface area contributed by atoms with E-state index in [2.05, 4.69) is 10.3 Å². The molecule has 1 unspecified atom stereocenters. The molecule has 1 atom stereocenters. The Hall–Kier alpha value is -3.35. The predicted molar refractivity (Wildman–Crippen MR) is 101 cm³/mol. The van der Waals surface area contributed by atoms with Crippen LogP contribution in [0.2, 0.25) is 0 Å². The van der Waals surface area contributed by atoms with E-state index in [4.69, 9.17) is 9.47 Å². The van der Waals surface area contributed by atoms with Gasteiger partial charge in [-0.05, 0) is 43.7 Å². The van der Waals surface area contributed by atoms with Crippen LogP contribution in [0.25, 0.3) is 5.69 Å². The molecular weight excluding hydrogens is 344 g/mol. The Balaban J connectivity index is 1.68. The number of hydrogen-bond acceptors (Lipinski definition) is 5. The fraction of sp³-hybridized carbons (Fsp3) is 0.250. The van der Waals surface area contributed by atoms with Gasteiger partial charge in [-0.2, -0.15) is 0 Å². The summed E-state index contributed by atoms with van der Waals surface area (Å²) >= 11 is 0. The molecule has 0 N–H and O–H groups in total. The number of carbonyl (C=O) groups excluding carboxylic acids is 1. The summed E-state index contributed by atoms with van der Waals surface area (Å²) in [5.41, 5.74) is 2.92. The number of hydrogen-bond donors (Lipinski definition) is 0. The van der Waals surface area contributed by atoms with Crippen LogP contribution in [0.5, 0.6) is 11.5 Å². The predicted octanol–water partition coefficient (Wildman–Crippen LogP) is 3.01. The summed E-state index contributed by atoms with van der Waals surface area (Å²) in [5.74, 6) is 1.08. The van der Waals surface area contributed by atoms with Gasteiger partial charge in [-0.3, -0.25) is 9.69 Å². The number of carbonyl (C=O) groups is 1. The highest BCUT2D eigenvalue weighted by Gasteiger charge is 2.30. The van der Waals surface area contributed by atoms with Gasteiger partial charge in [0.25, 0.3) is 5.91 Å². The number of aryl methyl sites for hydroxylation is 1. The molecule has 0 bridgehead atoms. The van der Waals surface area contributed by atoms with Gasteiger partial charge in [0.1, 0.15) is 17.6 Å². The number of amides is 1. The summed E-state index contributed by atoms with van der Waals surface area (Å²) in [6, 6.07) is 13.3. The lowest BCUT2D eigenvalue weighted by Crippen LogP contribution is -2.42. The van der Waals surface area contributed by atoms with E-state index in [0.29, 0.717) is 23.7 Å². The Kier molecular flexibility index (Phi) is 4.27. The second-order valence-electron chi connectivity index (χ2n) is 6.57. The molecule has 1 aliphatic rings. The highest BCUT2D eigenvalue weighted by Crippen LogP contribution is 2.37. The first-order valence-electron chi connectivity index (χ1n) is 8.71. The van der Waals surface area contributed by atoms with E-state index in [1.165, 1.54) is 0 Å². The first-order valence-corrected chi connectivity index (χ1v) is 8.71. The van der Waals surface area contributed by atoms with Crippen LogP contribution < -0.4 is 14.4 Å². The van der Waals surface area contributed by atoms with E-state index in [1.54, 1.807) is 29.0 Å². The van der Waals surface area contributed by atoms with Gasteiger partial charge in [0.05, 0.1) is 31.2 Å². The summed E-state index contributed by atoms with van der Waals surface area (Å²) in [7, 11) is 1.59. The lowest BCUT2D eigenvalue weighted by molar-refractivity contribution is 0.0956. The third-order valence-electron chi connectivity index (χ3n) is 4.45. The summed E-state index contributed by atoms with van der Waals surface area (Å²) in [6.45, 7) is 4.36. The van der Waals surface area contributed by atoms with Crippen molar-refractivity contribution in [3.05, 3.63) is 59.9 Å². The first kappa shape index (κ1) is 17.1. The number of nitrogens with zero attached hydrogens (tertiary/aromatic N) is 4. The first-order chi connectivity index (χ1) is 13.0. The van der Waals surface area contributed by atoms with Crippen molar-refractivity contribution >= 4 is 11.6 Å². The van der Waals surface area contributed by atoms with Gasteiger partial charge in [0.2, 0.25) is 0 Å². The van der Waals surface area contributed by atoms with Gasteiger partial charge in [-0.25, -0.2) is 4.68 Å². The van der Waals surface area contributed by atoms with E-state index in [-0.39, 0.29) is 17.7 Å². The molecule has 138 valence electrons. The zero-order valence-electron chi connectivity index (χ0n) is 15.4. The normalized spacial score (nSPS) is 15.8. The molecule has 0 saturated heterocycles. The lowest BCUT2D eigenvalue weighted by atomic mass is 10.1. The molecule has 1 amide bonds. The minimum Gasteiger partial charge on any atom is -0.497 e. The average Bonchev–Trinajstić information content (AvgIpc) is 3.16. The quantitative estimate of drug-likeness (QED) is 0.715. The third-order valence-corrected chi connectivity index (χ3v) is 4.45. The minimum absolute atomic E-state index is 0.123. The van der Waals surface area contributed by atoms with E-state index in [0.717, 1.165) is 11.3 Å². The maximum absolute atomic E-state index is 13.1. The Bertz CT molecular complexity index is 998.